The Morgan fingerprint density at radius 3 is 1.67 bits per heavy atom. The maximum atomic E-state index is 10.7. The second-order valence-corrected chi connectivity index (χ2v) is 9.10. The van der Waals surface area contributed by atoms with Gasteiger partial charge in [0.05, 0.1) is 20.1 Å². The molecule has 1 radical (unpaired) electrons. The van der Waals surface area contributed by atoms with Crippen LogP contribution in [0, 0.1) is 5.92 Å². The molecule has 0 saturated carbocycles. The van der Waals surface area contributed by atoms with Crippen molar-refractivity contribution >= 4 is 107 Å². The van der Waals surface area contributed by atoms with E-state index in [1.165, 1.54) is 37.5 Å². The molecule has 30 heavy (non-hydrogen) atoms. The van der Waals surface area contributed by atoms with Gasteiger partial charge in [0, 0.05) is 12.4 Å². The van der Waals surface area contributed by atoms with Crippen molar-refractivity contribution < 1.29 is 14.3 Å². The second kappa shape index (κ2) is 12.7. The third-order valence-corrected chi connectivity index (χ3v) is 5.91. The van der Waals surface area contributed by atoms with Gasteiger partial charge in [0.1, 0.15) is 11.4 Å². The Morgan fingerprint density at radius 1 is 0.900 bits per heavy atom. The van der Waals surface area contributed by atoms with E-state index < -0.39 is 0 Å². The summed E-state index contributed by atoms with van der Waals surface area (Å²) in [6, 6.07) is 10.3. The van der Waals surface area contributed by atoms with Crippen molar-refractivity contribution in [3.8, 4) is 0 Å². The van der Waals surface area contributed by atoms with Crippen LogP contribution in [-0.4, -0.2) is 49.4 Å². The van der Waals surface area contributed by atoms with Crippen LogP contribution < -0.4 is 0 Å². The maximum absolute atomic E-state index is 10.7. The van der Waals surface area contributed by atoms with Crippen molar-refractivity contribution in [1.29, 1.82) is 0 Å². The summed E-state index contributed by atoms with van der Waals surface area (Å²) in [7, 11) is 0. The molecule has 0 N–H and O–H groups in total. The van der Waals surface area contributed by atoms with Gasteiger partial charge in [-0.1, -0.05) is 58.5 Å². The van der Waals surface area contributed by atoms with Gasteiger partial charge in [0.2, 0.25) is 0 Å². The van der Waals surface area contributed by atoms with E-state index in [0.717, 1.165) is 10.5 Å². The molecule has 10 heteroatoms. The summed E-state index contributed by atoms with van der Waals surface area (Å²) in [6.07, 6.45) is 4.06. The number of aliphatic imine (C=N–C) groups is 2. The molecule has 1 aliphatic rings. The molecule has 3 rings (SSSR count). The molecule has 2 aromatic rings. The number of para-hydroxylation sites is 2. The Hall–Kier alpha value is -1.02. The van der Waals surface area contributed by atoms with E-state index in [9.17, 15) is 9.59 Å². The third-order valence-electron chi connectivity index (χ3n) is 3.78. The number of carbonyl (C=O) groups is 2. The quantitative estimate of drug-likeness (QED) is 0.207. The average molecular weight is 682 g/mol. The Morgan fingerprint density at radius 2 is 1.33 bits per heavy atom. The molecule has 5 nitrogen and oxygen atoms in total. The van der Waals surface area contributed by atoms with E-state index in [4.69, 9.17) is 46.4 Å². The second-order valence-electron chi connectivity index (χ2n) is 5.88. The molecule has 1 heterocycles. The minimum absolute atomic E-state index is 0.134. The molecule has 1 saturated heterocycles. The number of nitrogens with zero attached hydrogens (tertiary/aromatic N) is 2. The Bertz CT molecular complexity index is 883. The first-order valence-corrected chi connectivity index (χ1v) is 12.4. The van der Waals surface area contributed by atoms with Crippen molar-refractivity contribution in [2.75, 3.05) is 0 Å². The molecule has 0 aromatic heterocycles. The molecular weight excluding hydrogens is 667 g/mol. The summed E-state index contributed by atoms with van der Waals surface area (Å²) >= 11 is 25.4. The zero-order valence-electron chi connectivity index (χ0n) is 15.4. The summed E-state index contributed by atoms with van der Waals surface area (Å²) in [5.74, 6) is -0.824. The molecule has 0 amide bonds. The van der Waals surface area contributed by atoms with Gasteiger partial charge in [-0.15, -0.1) is 0 Å². The van der Waals surface area contributed by atoms with Gasteiger partial charge < -0.3 is 0 Å². The molecular formula is C20H15Cl4N2O3Po. The molecule has 0 bridgehead atoms. The van der Waals surface area contributed by atoms with Crippen LogP contribution in [0.1, 0.15) is 12.8 Å². The fraction of sp³-hybridized carbons (Fsp3) is 0.200. The standard InChI is InChI=1S/C14H8Cl4N2.C6H7O3.Po/c15-9-3-1-4-10(16)13(9)19-7-8-20-14-11(17)5-2-6-12(14)18;1-2-4-3-5(7)9-6(4)8;/h1-8H;4H,1-3H2;. The summed E-state index contributed by atoms with van der Waals surface area (Å²) in [5.41, 5.74) is 0.986. The summed E-state index contributed by atoms with van der Waals surface area (Å²) in [5, 5.41) is 1.88. The van der Waals surface area contributed by atoms with Gasteiger partial charge in [-0.2, -0.15) is 0 Å². The zero-order chi connectivity index (χ0) is 22.1. The first-order chi connectivity index (χ1) is 14.3. The fourth-order valence-electron chi connectivity index (χ4n) is 2.32. The first kappa shape index (κ1) is 25.2. The molecule has 157 valence electrons. The molecule has 1 atom stereocenters. The van der Waals surface area contributed by atoms with E-state index in [2.05, 4.69) is 14.7 Å². The Kier molecular flexibility index (Phi) is 10.7. The molecule has 0 aliphatic carbocycles. The average Bonchev–Trinajstić information content (AvgIpc) is 3.00. The molecule has 1 aliphatic heterocycles. The first-order valence-electron chi connectivity index (χ1n) is 8.60. The normalized spacial score (nSPS) is 16.1. The summed E-state index contributed by atoms with van der Waals surface area (Å²) in [4.78, 5) is 29.6. The number of carbonyl (C=O) groups excluding carboxylic acids is 2. The Balaban J connectivity index is 0.000000269. The number of benzene rings is 2. The van der Waals surface area contributed by atoms with Crippen LogP contribution in [0.4, 0.5) is 11.4 Å². The van der Waals surface area contributed by atoms with E-state index >= 15 is 0 Å². The van der Waals surface area contributed by atoms with E-state index in [1.807, 2.05) is 0 Å². The van der Waals surface area contributed by atoms with E-state index in [1.54, 1.807) is 36.4 Å². The van der Waals surface area contributed by atoms with Crippen LogP contribution in [-0.2, 0) is 14.3 Å². The van der Waals surface area contributed by atoms with E-state index in [0.29, 0.717) is 37.9 Å². The number of hydrogen-bond donors (Lipinski definition) is 0. The van der Waals surface area contributed by atoms with Crippen LogP contribution in [0.15, 0.2) is 46.4 Å². The molecule has 2 aromatic carbocycles. The minimum atomic E-state index is -0.363. The van der Waals surface area contributed by atoms with Gasteiger partial charge >= 0.3 is 74.2 Å². The van der Waals surface area contributed by atoms with Crippen LogP contribution in [0.25, 0.3) is 0 Å². The van der Waals surface area contributed by atoms with Crippen LogP contribution in [0.5, 0.6) is 0 Å². The van der Waals surface area contributed by atoms with Crippen molar-refractivity contribution in [2.45, 2.75) is 16.9 Å². The summed E-state index contributed by atoms with van der Waals surface area (Å²) in [6.45, 7) is 0. The number of halogens is 4. The predicted molar refractivity (Wildman–Crippen MR) is 124 cm³/mol. The van der Waals surface area contributed by atoms with Gasteiger partial charge in [-0.05, 0) is 24.3 Å². The number of rotatable bonds is 5. The van der Waals surface area contributed by atoms with Crippen LogP contribution in [0.3, 0.4) is 0 Å². The monoisotopic (exact) mass is 680 g/mol. The molecule has 1 unspecified atom stereocenters. The SMILES string of the molecule is Clc1cccc(Cl)c1N=CC=Nc1c(Cl)cccc1Cl.O=C1CC(C[CH2][Po])C(=O)O1. The van der Waals surface area contributed by atoms with Crippen molar-refractivity contribution in [3.05, 3.63) is 56.5 Å². The number of ether oxygens (including phenoxy) is 1. The Labute approximate surface area is 209 Å². The van der Waals surface area contributed by atoms with E-state index in [-0.39, 0.29) is 17.9 Å². The summed E-state index contributed by atoms with van der Waals surface area (Å²) < 4.78 is 5.36. The van der Waals surface area contributed by atoms with Crippen molar-refractivity contribution in [3.63, 3.8) is 0 Å². The van der Waals surface area contributed by atoms with Crippen molar-refractivity contribution in [2.24, 2.45) is 15.9 Å². The number of cyclic esters (lactones) is 2. The predicted octanol–water partition coefficient (Wildman–Crippen LogP) is 6.46. The third kappa shape index (κ3) is 7.59. The van der Waals surface area contributed by atoms with Crippen molar-refractivity contribution in [1.82, 2.24) is 0 Å². The topological polar surface area (TPSA) is 68.1 Å². The molecule has 1 fully saturated rings. The number of esters is 2. The number of hydrogen-bond acceptors (Lipinski definition) is 5. The van der Waals surface area contributed by atoms with Crippen LogP contribution >= 0.6 is 46.4 Å². The fourth-order valence-corrected chi connectivity index (χ4v) is 4.42. The zero-order valence-corrected chi connectivity index (χ0v) is 21.6. The van der Waals surface area contributed by atoms with Gasteiger partial charge in [-0.25, -0.2) is 0 Å². The van der Waals surface area contributed by atoms with Gasteiger partial charge in [0.25, 0.3) is 0 Å². The van der Waals surface area contributed by atoms with Gasteiger partial charge in [0.15, 0.2) is 0 Å². The van der Waals surface area contributed by atoms with Gasteiger partial charge in [-0.3, -0.25) is 9.98 Å². The van der Waals surface area contributed by atoms with Crippen LogP contribution in [0.2, 0.25) is 24.2 Å². The molecule has 0 spiro atoms.